The van der Waals surface area contributed by atoms with Crippen molar-refractivity contribution in [2.75, 3.05) is 13.1 Å². The molecule has 1 atom stereocenters. The Morgan fingerprint density at radius 2 is 1.92 bits per heavy atom. The average molecular weight is 337 g/mol. The van der Waals surface area contributed by atoms with Gasteiger partial charge in [-0.1, -0.05) is 30.3 Å². The van der Waals surface area contributed by atoms with E-state index in [1.807, 2.05) is 29.9 Å². The molecule has 1 fully saturated rings. The van der Waals surface area contributed by atoms with Gasteiger partial charge >= 0.3 is 0 Å². The predicted molar refractivity (Wildman–Crippen MR) is 98.9 cm³/mol. The van der Waals surface area contributed by atoms with E-state index in [0.29, 0.717) is 11.6 Å². The topological polar surface area (TPSA) is 52.2 Å². The molecule has 1 aliphatic heterocycles. The van der Waals surface area contributed by atoms with Crippen molar-refractivity contribution in [2.45, 2.75) is 38.3 Å². The molecule has 4 heteroatoms. The summed E-state index contributed by atoms with van der Waals surface area (Å²) in [5, 5.41) is 19.6. The summed E-state index contributed by atoms with van der Waals surface area (Å²) < 4.78 is 1.88. The second kappa shape index (κ2) is 8.33. The third-order valence-electron chi connectivity index (χ3n) is 5.33. The molecule has 0 bridgehead atoms. The van der Waals surface area contributed by atoms with Gasteiger partial charge < -0.3 is 9.67 Å². The molecule has 1 N–H and O–H groups in total. The van der Waals surface area contributed by atoms with Gasteiger partial charge in [-0.25, -0.2) is 0 Å². The summed E-state index contributed by atoms with van der Waals surface area (Å²) >= 11 is 0. The zero-order valence-corrected chi connectivity index (χ0v) is 14.9. The van der Waals surface area contributed by atoms with E-state index in [4.69, 9.17) is 5.26 Å². The Morgan fingerprint density at radius 3 is 2.56 bits per heavy atom. The molecule has 1 saturated heterocycles. The fourth-order valence-electron chi connectivity index (χ4n) is 3.78. The fourth-order valence-corrected chi connectivity index (χ4v) is 3.78. The predicted octanol–water partition coefficient (Wildman–Crippen LogP) is 3.10. The van der Waals surface area contributed by atoms with Crippen molar-refractivity contribution >= 4 is 0 Å². The van der Waals surface area contributed by atoms with Gasteiger partial charge in [-0.15, -0.1) is 0 Å². The Kier molecular flexibility index (Phi) is 5.91. The number of hydrogen-bond acceptors (Lipinski definition) is 3. The first-order valence-electron chi connectivity index (χ1n) is 9.15. The van der Waals surface area contributed by atoms with E-state index in [1.54, 1.807) is 0 Å². The van der Waals surface area contributed by atoms with Crippen LogP contribution in [0.15, 0.2) is 42.6 Å². The van der Waals surface area contributed by atoms with E-state index in [-0.39, 0.29) is 6.10 Å². The number of aliphatic hydroxyl groups is 1. The average Bonchev–Trinajstić information content (AvgIpc) is 3.00. The lowest BCUT2D eigenvalue weighted by atomic mass is 9.88. The molecule has 132 valence electrons. The summed E-state index contributed by atoms with van der Waals surface area (Å²) in [7, 11) is 1.91. The van der Waals surface area contributed by atoms with Gasteiger partial charge in [0.05, 0.1) is 6.10 Å². The maximum Gasteiger partial charge on any atom is 0.120 e. The highest BCUT2D eigenvalue weighted by atomic mass is 16.3. The minimum absolute atomic E-state index is 0.204. The molecule has 0 saturated carbocycles. The summed E-state index contributed by atoms with van der Waals surface area (Å²) in [6.07, 6.45) is 5.73. The van der Waals surface area contributed by atoms with E-state index >= 15 is 0 Å². The van der Waals surface area contributed by atoms with Gasteiger partial charge in [-0.05, 0) is 61.9 Å². The highest BCUT2D eigenvalue weighted by Gasteiger charge is 2.25. The van der Waals surface area contributed by atoms with Crippen molar-refractivity contribution in [3.05, 3.63) is 59.4 Å². The number of aromatic nitrogens is 1. The number of hydrogen-bond donors (Lipinski definition) is 1. The van der Waals surface area contributed by atoms with Crippen molar-refractivity contribution < 1.29 is 5.11 Å². The molecule has 0 amide bonds. The third-order valence-corrected chi connectivity index (χ3v) is 5.33. The van der Waals surface area contributed by atoms with Gasteiger partial charge in [0.25, 0.3) is 0 Å². The van der Waals surface area contributed by atoms with E-state index in [2.05, 4.69) is 35.2 Å². The van der Waals surface area contributed by atoms with Crippen LogP contribution in [0.1, 0.15) is 36.1 Å². The summed E-state index contributed by atoms with van der Waals surface area (Å²) in [4.78, 5) is 2.43. The first kappa shape index (κ1) is 17.7. The van der Waals surface area contributed by atoms with Crippen molar-refractivity contribution in [3.63, 3.8) is 0 Å². The number of aryl methyl sites for hydroxylation is 2. The molecule has 1 aromatic carbocycles. The SMILES string of the molecule is Cn1cc(CN2CCC(C(O)CCc3ccccc3)CC2)cc1C#N. The number of piperidine rings is 1. The summed E-state index contributed by atoms with van der Waals surface area (Å²) in [5.74, 6) is 0.408. The Morgan fingerprint density at radius 1 is 1.20 bits per heavy atom. The first-order chi connectivity index (χ1) is 12.2. The van der Waals surface area contributed by atoms with Gasteiger partial charge in [0.2, 0.25) is 0 Å². The smallest absolute Gasteiger partial charge is 0.120 e. The van der Waals surface area contributed by atoms with Gasteiger partial charge in [0.15, 0.2) is 0 Å². The lowest BCUT2D eigenvalue weighted by Gasteiger charge is -2.34. The zero-order chi connectivity index (χ0) is 17.6. The molecule has 25 heavy (non-hydrogen) atoms. The van der Waals surface area contributed by atoms with Crippen molar-refractivity contribution in [1.29, 1.82) is 5.26 Å². The Bertz CT molecular complexity index is 708. The van der Waals surface area contributed by atoms with Crippen LogP contribution in [0, 0.1) is 17.2 Å². The molecule has 0 radical (unpaired) electrons. The number of rotatable bonds is 6. The van der Waals surface area contributed by atoms with Crippen LogP contribution in [0.25, 0.3) is 0 Å². The van der Waals surface area contributed by atoms with Crippen molar-refractivity contribution in [2.24, 2.45) is 13.0 Å². The first-order valence-corrected chi connectivity index (χ1v) is 9.15. The van der Waals surface area contributed by atoms with Gasteiger partial charge in [0, 0.05) is 19.8 Å². The molecule has 2 aromatic rings. The maximum absolute atomic E-state index is 10.5. The van der Waals surface area contributed by atoms with Crippen LogP contribution < -0.4 is 0 Å². The number of nitriles is 1. The van der Waals surface area contributed by atoms with E-state index in [0.717, 1.165) is 45.3 Å². The van der Waals surface area contributed by atoms with Crippen LogP contribution in [0.2, 0.25) is 0 Å². The van der Waals surface area contributed by atoms with Gasteiger partial charge in [-0.3, -0.25) is 4.90 Å². The second-order valence-electron chi connectivity index (χ2n) is 7.16. The van der Waals surface area contributed by atoms with E-state index < -0.39 is 0 Å². The molecular formula is C21H27N3O. The number of nitrogens with zero attached hydrogens (tertiary/aromatic N) is 3. The zero-order valence-electron chi connectivity index (χ0n) is 14.9. The minimum atomic E-state index is -0.204. The van der Waals surface area contributed by atoms with Crippen LogP contribution in [-0.2, 0) is 20.0 Å². The minimum Gasteiger partial charge on any atom is -0.393 e. The van der Waals surface area contributed by atoms with Crippen molar-refractivity contribution in [3.8, 4) is 6.07 Å². The lowest BCUT2D eigenvalue weighted by Crippen LogP contribution is -2.37. The third kappa shape index (κ3) is 4.72. The largest absolute Gasteiger partial charge is 0.393 e. The molecule has 1 unspecified atom stereocenters. The van der Waals surface area contributed by atoms with E-state index in [9.17, 15) is 5.11 Å². The highest BCUT2D eigenvalue weighted by Crippen LogP contribution is 2.24. The Labute approximate surface area is 150 Å². The molecule has 1 aromatic heterocycles. The van der Waals surface area contributed by atoms with Crippen LogP contribution in [0.3, 0.4) is 0 Å². The van der Waals surface area contributed by atoms with Gasteiger partial charge in [0.1, 0.15) is 11.8 Å². The highest BCUT2D eigenvalue weighted by molar-refractivity contribution is 5.28. The molecule has 0 aliphatic carbocycles. The number of aliphatic hydroxyl groups excluding tert-OH is 1. The number of likely N-dealkylation sites (tertiary alicyclic amines) is 1. The Hall–Kier alpha value is -2.09. The van der Waals surface area contributed by atoms with E-state index in [1.165, 1.54) is 11.1 Å². The van der Waals surface area contributed by atoms with Crippen LogP contribution >= 0.6 is 0 Å². The molecule has 4 nitrogen and oxygen atoms in total. The van der Waals surface area contributed by atoms with Crippen LogP contribution in [0.5, 0.6) is 0 Å². The standard InChI is InChI=1S/C21H27N3O/c1-23-15-18(13-20(23)14-22)16-24-11-9-19(10-12-24)21(25)8-7-17-5-3-2-4-6-17/h2-6,13,15,19,21,25H,7-12,16H2,1H3. The quantitative estimate of drug-likeness (QED) is 0.881. The van der Waals surface area contributed by atoms with Crippen molar-refractivity contribution in [1.82, 2.24) is 9.47 Å². The normalized spacial score (nSPS) is 17.3. The Balaban J connectivity index is 1.44. The molecule has 1 aliphatic rings. The monoisotopic (exact) mass is 337 g/mol. The molecule has 2 heterocycles. The maximum atomic E-state index is 10.5. The lowest BCUT2D eigenvalue weighted by molar-refractivity contribution is 0.0519. The molecular weight excluding hydrogens is 310 g/mol. The summed E-state index contributed by atoms with van der Waals surface area (Å²) in [6.45, 7) is 2.93. The summed E-state index contributed by atoms with van der Waals surface area (Å²) in [6, 6.07) is 14.6. The molecule has 0 spiro atoms. The van der Waals surface area contributed by atoms with Crippen LogP contribution in [-0.4, -0.2) is 33.8 Å². The van der Waals surface area contributed by atoms with Crippen LogP contribution in [0.4, 0.5) is 0 Å². The van der Waals surface area contributed by atoms with Gasteiger partial charge in [-0.2, -0.15) is 5.26 Å². The summed E-state index contributed by atoms with van der Waals surface area (Å²) in [5.41, 5.74) is 3.21. The fraction of sp³-hybridized carbons (Fsp3) is 0.476. The number of benzene rings is 1. The molecule has 3 rings (SSSR count). The second-order valence-corrected chi connectivity index (χ2v) is 7.16.